The third-order valence-corrected chi connectivity index (χ3v) is 3.50. The average molecular weight is 324 g/mol. The lowest BCUT2D eigenvalue weighted by molar-refractivity contribution is -0.120. The van der Waals surface area contributed by atoms with Gasteiger partial charge < -0.3 is 10.8 Å². The van der Waals surface area contributed by atoms with Crippen molar-refractivity contribution in [2.24, 2.45) is 5.73 Å². The second-order valence-corrected chi connectivity index (χ2v) is 5.83. The van der Waals surface area contributed by atoms with Gasteiger partial charge in [-0.3, -0.25) is 10.1 Å². The lowest BCUT2D eigenvalue weighted by atomic mass is 10.0. The van der Waals surface area contributed by atoms with E-state index in [1.165, 1.54) is 6.07 Å². The number of primary amides is 1. The van der Waals surface area contributed by atoms with Crippen molar-refractivity contribution in [2.75, 3.05) is 0 Å². The fourth-order valence-corrected chi connectivity index (χ4v) is 2.38. The number of aromatic nitrogens is 2. The van der Waals surface area contributed by atoms with Gasteiger partial charge in [-0.05, 0) is 50.6 Å². The number of amides is 1. The second kappa shape index (κ2) is 7.11. The summed E-state index contributed by atoms with van der Waals surface area (Å²) >= 11 is 0. The number of aromatic hydroxyl groups is 1. The predicted molar refractivity (Wildman–Crippen MR) is 92.0 cm³/mol. The van der Waals surface area contributed by atoms with Crippen molar-refractivity contribution < 1.29 is 9.90 Å². The van der Waals surface area contributed by atoms with Crippen molar-refractivity contribution in [1.82, 2.24) is 15.5 Å². The third kappa shape index (κ3) is 3.70. The Morgan fingerprint density at radius 2 is 2.04 bits per heavy atom. The van der Waals surface area contributed by atoms with Crippen LogP contribution in [-0.2, 0) is 4.79 Å². The molecule has 0 fully saturated rings. The van der Waals surface area contributed by atoms with Crippen LogP contribution in [0.1, 0.15) is 36.7 Å². The molecule has 0 saturated carbocycles. The molecule has 1 amide bonds. The molecule has 2 rings (SSSR count). The molecule has 0 aliphatic carbocycles. The Bertz CT molecular complexity index is 809. The fourth-order valence-electron chi connectivity index (χ4n) is 2.38. The van der Waals surface area contributed by atoms with E-state index in [4.69, 9.17) is 12.2 Å². The highest BCUT2D eigenvalue weighted by atomic mass is 16.3. The molecule has 1 atom stereocenters. The molecule has 0 bridgehead atoms. The zero-order valence-corrected chi connectivity index (χ0v) is 13.9. The summed E-state index contributed by atoms with van der Waals surface area (Å²) in [5, 5.41) is 21.5. The molecule has 4 N–H and O–H groups in total. The lowest BCUT2D eigenvalue weighted by Gasteiger charge is -2.18. The molecule has 1 aromatic heterocycles. The van der Waals surface area contributed by atoms with Crippen LogP contribution in [0.2, 0.25) is 0 Å². The molecule has 124 valence electrons. The van der Waals surface area contributed by atoms with Crippen LogP contribution in [0.4, 0.5) is 0 Å². The summed E-state index contributed by atoms with van der Waals surface area (Å²) < 4.78 is 0. The van der Waals surface area contributed by atoms with Crippen LogP contribution >= 0.6 is 0 Å². The normalized spacial score (nSPS) is 12.0. The van der Waals surface area contributed by atoms with E-state index in [-0.39, 0.29) is 11.8 Å². The van der Waals surface area contributed by atoms with E-state index in [9.17, 15) is 9.90 Å². The molecular weight excluding hydrogens is 304 g/mol. The summed E-state index contributed by atoms with van der Waals surface area (Å²) in [6.07, 6.45) is 5.32. The standard InChI is InChI=1S/C18H20N4O2/c1-5-12-6-7-13(15(23)9-12)16-11(4)8-14(21-22-16)17(18(19)24)20-10(2)3/h1,6-10,17,20,23H,2-4H3,(H2,19,24). The summed E-state index contributed by atoms with van der Waals surface area (Å²) in [6.45, 7) is 5.65. The minimum Gasteiger partial charge on any atom is -0.507 e. The summed E-state index contributed by atoms with van der Waals surface area (Å²) in [5.74, 6) is 1.97. The Morgan fingerprint density at radius 3 is 2.54 bits per heavy atom. The van der Waals surface area contributed by atoms with Crippen LogP contribution in [-0.4, -0.2) is 27.3 Å². The molecule has 6 nitrogen and oxygen atoms in total. The van der Waals surface area contributed by atoms with Crippen LogP contribution < -0.4 is 11.1 Å². The van der Waals surface area contributed by atoms with Gasteiger partial charge in [0.25, 0.3) is 0 Å². The van der Waals surface area contributed by atoms with E-state index >= 15 is 0 Å². The highest BCUT2D eigenvalue weighted by Crippen LogP contribution is 2.30. The summed E-state index contributed by atoms with van der Waals surface area (Å²) in [6, 6.07) is 5.99. The van der Waals surface area contributed by atoms with E-state index in [1.54, 1.807) is 18.2 Å². The van der Waals surface area contributed by atoms with Gasteiger partial charge in [0.2, 0.25) is 5.91 Å². The first kappa shape index (κ1) is 17.4. The van der Waals surface area contributed by atoms with Crippen LogP contribution in [0.15, 0.2) is 24.3 Å². The zero-order chi connectivity index (χ0) is 17.9. The van der Waals surface area contributed by atoms with Gasteiger partial charge in [-0.25, -0.2) is 0 Å². The minimum absolute atomic E-state index is 0.0300. The Morgan fingerprint density at radius 1 is 1.33 bits per heavy atom. The number of nitrogens with zero attached hydrogens (tertiary/aromatic N) is 2. The fraction of sp³-hybridized carbons (Fsp3) is 0.278. The summed E-state index contributed by atoms with van der Waals surface area (Å²) in [7, 11) is 0. The highest BCUT2D eigenvalue weighted by Gasteiger charge is 2.22. The topological polar surface area (TPSA) is 101 Å². The van der Waals surface area contributed by atoms with E-state index in [0.29, 0.717) is 22.5 Å². The maximum Gasteiger partial charge on any atom is 0.240 e. The first-order chi connectivity index (χ1) is 11.3. The minimum atomic E-state index is -0.720. The van der Waals surface area contributed by atoms with E-state index < -0.39 is 11.9 Å². The number of hydrogen-bond donors (Lipinski definition) is 3. The molecule has 1 heterocycles. The molecule has 24 heavy (non-hydrogen) atoms. The molecule has 6 heteroatoms. The Hall–Kier alpha value is -2.91. The number of nitrogens with two attached hydrogens (primary N) is 1. The molecule has 0 radical (unpaired) electrons. The SMILES string of the molecule is C#Cc1ccc(-c2nnc(C(NC(C)C)C(N)=O)cc2C)c(O)c1. The maximum atomic E-state index is 11.7. The van der Waals surface area contributed by atoms with Gasteiger partial charge in [-0.2, -0.15) is 5.10 Å². The number of rotatable bonds is 5. The predicted octanol–water partition coefficient (Wildman–Crippen LogP) is 1.66. The number of benzene rings is 1. The summed E-state index contributed by atoms with van der Waals surface area (Å²) in [4.78, 5) is 11.7. The van der Waals surface area contributed by atoms with Crippen molar-refractivity contribution in [3.63, 3.8) is 0 Å². The van der Waals surface area contributed by atoms with Crippen LogP contribution in [0.5, 0.6) is 5.75 Å². The van der Waals surface area contributed by atoms with E-state index in [1.807, 2.05) is 20.8 Å². The second-order valence-electron chi connectivity index (χ2n) is 5.83. The van der Waals surface area contributed by atoms with Gasteiger partial charge in [0.15, 0.2) is 0 Å². The number of carbonyl (C=O) groups excluding carboxylic acids is 1. The first-order valence-corrected chi connectivity index (χ1v) is 7.53. The van der Waals surface area contributed by atoms with Gasteiger partial charge in [-0.1, -0.05) is 5.92 Å². The zero-order valence-electron chi connectivity index (χ0n) is 13.9. The smallest absolute Gasteiger partial charge is 0.240 e. The molecular formula is C18H20N4O2. The number of carbonyl (C=O) groups is 1. The summed E-state index contributed by atoms with van der Waals surface area (Å²) in [5.41, 5.74) is 8.27. The Kier molecular flexibility index (Phi) is 5.17. The van der Waals surface area contributed by atoms with Crippen molar-refractivity contribution in [2.45, 2.75) is 32.9 Å². The third-order valence-electron chi connectivity index (χ3n) is 3.50. The average Bonchev–Trinajstić information content (AvgIpc) is 2.52. The Labute approximate surface area is 141 Å². The first-order valence-electron chi connectivity index (χ1n) is 7.53. The van der Waals surface area contributed by atoms with Gasteiger partial charge in [0.05, 0.1) is 11.4 Å². The van der Waals surface area contributed by atoms with Gasteiger partial charge in [-0.15, -0.1) is 11.5 Å². The number of phenolic OH excluding ortho intramolecular Hbond substituents is 1. The van der Waals surface area contributed by atoms with Gasteiger partial charge >= 0.3 is 0 Å². The molecule has 1 unspecified atom stereocenters. The number of aryl methyl sites for hydroxylation is 1. The highest BCUT2D eigenvalue weighted by molar-refractivity contribution is 5.81. The molecule has 0 spiro atoms. The van der Waals surface area contributed by atoms with Crippen LogP contribution in [0.3, 0.4) is 0 Å². The number of terminal acetylenes is 1. The molecule has 1 aromatic carbocycles. The maximum absolute atomic E-state index is 11.7. The lowest BCUT2D eigenvalue weighted by Crippen LogP contribution is -2.38. The quantitative estimate of drug-likeness (QED) is 0.726. The number of nitrogens with one attached hydrogen (secondary N) is 1. The van der Waals surface area contributed by atoms with Crippen molar-refractivity contribution in [3.05, 3.63) is 41.1 Å². The monoisotopic (exact) mass is 324 g/mol. The number of phenols is 1. The molecule has 2 aromatic rings. The van der Waals surface area contributed by atoms with Crippen molar-refractivity contribution >= 4 is 5.91 Å². The van der Waals surface area contributed by atoms with E-state index in [0.717, 1.165) is 5.56 Å². The van der Waals surface area contributed by atoms with Crippen LogP contribution in [0.25, 0.3) is 11.3 Å². The number of hydrogen-bond acceptors (Lipinski definition) is 5. The van der Waals surface area contributed by atoms with Crippen LogP contribution in [0, 0.1) is 19.3 Å². The molecule has 0 aliphatic rings. The van der Waals surface area contributed by atoms with Crippen molar-refractivity contribution in [3.8, 4) is 29.4 Å². The molecule has 0 saturated heterocycles. The van der Waals surface area contributed by atoms with Gasteiger partial charge in [0, 0.05) is 17.2 Å². The van der Waals surface area contributed by atoms with Gasteiger partial charge in [0.1, 0.15) is 11.8 Å². The largest absolute Gasteiger partial charge is 0.507 e. The van der Waals surface area contributed by atoms with Crippen molar-refractivity contribution in [1.29, 1.82) is 0 Å². The van der Waals surface area contributed by atoms with E-state index in [2.05, 4.69) is 21.4 Å². The molecule has 0 aliphatic heterocycles. The Balaban J connectivity index is 2.43.